The van der Waals surface area contributed by atoms with Gasteiger partial charge in [-0.3, -0.25) is 0 Å². The Kier molecular flexibility index (Phi) is 5.35. The van der Waals surface area contributed by atoms with Crippen LogP contribution in [-0.4, -0.2) is 38.9 Å². The van der Waals surface area contributed by atoms with Gasteiger partial charge in [0.15, 0.2) is 0 Å². The highest BCUT2D eigenvalue weighted by Gasteiger charge is 2.11. The van der Waals surface area contributed by atoms with E-state index in [0.717, 1.165) is 38.8 Å². The van der Waals surface area contributed by atoms with E-state index in [-0.39, 0.29) is 0 Å². The quantitative estimate of drug-likeness (QED) is 0.660. The van der Waals surface area contributed by atoms with Gasteiger partial charge in [0.05, 0.1) is 13.2 Å². The first-order valence-corrected chi connectivity index (χ1v) is 5.34. The molecule has 2 N–H and O–H groups in total. The van der Waals surface area contributed by atoms with Gasteiger partial charge in [0.1, 0.15) is 0 Å². The predicted molar refractivity (Wildman–Crippen MR) is 54.9 cm³/mol. The lowest BCUT2D eigenvalue weighted by atomic mass is 10.1. The second-order valence-electron chi connectivity index (χ2n) is 3.90. The molecule has 0 aromatic carbocycles. The van der Waals surface area contributed by atoms with Crippen LogP contribution in [0.2, 0.25) is 0 Å². The summed E-state index contributed by atoms with van der Waals surface area (Å²) in [5.41, 5.74) is 0. The summed E-state index contributed by atoms with van der Waals surface area (Å²) in [6.45, 7) is 9.37. The molecule has 2 atom stereocenters. The van der Waals surface area contributed by atoms with Gasteiger partial charge in [0, 0.05) is 19.1 Å². The second kappa shape index (κ2) is 6.35. The Morgan fingerprint density at radius 2 is 2.46 bits per heavy atom. The summed E-state index contributed by atoms with van der Waals surface area (Å²) in [5.74, 6) is 0.782. The van der Waals surface area contributed by atoms with Crippen molar-refractivity contribution in [2.24, 2.45) is 5.92 Å². The smallest absolute Gasteiger partial charge is 0.0632 e. The van der Waals surface area contributed by atoms with Gasteiger partial charge in [0.25, 0.3) is 0 Å². The van der Waals surface area contributed by atoms with Crippen molar-refractivity contribution in [3.8, 4) is 0 Å². The first-order chi connectivity index (χ1) is 6.33. The Hall–Kier alpha value is -0.120. The fourth-order valence-electron chi connectivity index (χ4n) is 1.40. The van der Waals surface area contributed by atoms with Crippen LogP contribution in [0.5, 0.6) is 0 Å². The third-order valence-electron chi connectivity index (χ3n) is 2.58. The molecule has 0 saturated carbocycles. The molecule has 1 rings (SSSR count). The molecule has 0 aliphatic carbocycles. The van der Waals surface area contributed by atoms with Gasteiger partial charge in [-0.2, -0.15) is 0 Å². The van der Waals surface area contributed by atoms with Crippen LogP contribution in [0.4, 0.5) is 0 Å². The Labute approximate surface area is 81.2 Å². The summed E-state index contributed by atoms with van der Waals surface area (Å²) in [6, 6.07) is 0.512. The van der Waals surface area contributed by atoms with Crippen molar-refractivity contribution in [3.05, 3.63) is 0 Å². The Morgan fingerprint density at radius 1 is 1.62 bits per heavy atom. The minimum absolute atomic E-state index is 0.512. The topological polar surface area (TPSA) is 33.3 Å². The molecule has 1 aliphatic heterocycles. The van der Waals surface area contributed by atoms with Crippen LogP contribution in [0, 0.1) is 5.92 Å². The normalized spacial score (nSPS) is 25.8. The van der Waals surface area contributed by atoms with Crippen LogP contribution in [0.15, 0.2) is 0 Å². The highest BCUT2D eigenvalue weighted by molar-refractivity contribution is 4.72. The lowest BCUT2D eigenvalue weighted by Gasteiger charge is -2.24. The van der Waals surface area contributed by atoms with E-state index in [2.05, 4.69) is 24.5 Å². The highest BCUT2D eigenvalue weighted by atomic mass is 16.5. The zero-order valence-corrected chi connectivity index (χ0v) is 8.81. The van der Waals surface area contributed by atoms with E-state index in [1.54, 1.807) is 0 Å². The maximum atomic E-state index is 5.36. The highest BCUT2D eigenvalue weighted by Crippen LogP contribution is 1.97. The largest absolute Gasteiger partial charge is 0.378 e. The number of rotatable bonds is 5. The van der Waals surface area contributed by atoms with Gasteiger partial charge < -0.3 is 15.4 Å². The molecule has 0 amide bonds. The van der Waals surface area contributed by atoms with E-state index in [1.807, 2.05) is 0 Å². The van der Waals surface area contributed by atoms with Crippen LogP contribution in [0.3, 0.4) is 0 Å². The Balaban J connectivity index is 1.98. The van der Waals surface area contributed by atoms with Crippen LogP contribution in [0.25, 0.3) is 0 Å². The summed E-state index contributed by atoms with van der Waals surface area (Å²) in [4.78, 5) is 0. The first kappa shape index (κ1) is 11.0. The fraction of sp³-hybridized carbons (Fsp3) is 1.00. The van der Waals surface area contributed by atoms with E-state index >= 15 is 0 Å². The fourth-order valence-corrected chi connectivity index (χ4v) is 1.40. The van der Waals surface area contributed by atoms with Crippen molar-refractivity contribution in [1.82, 2.24) is 10.6 Å². The molecule has 1 aliphatic rings. The van der Waals surface area contributed by atoms with Crippen LogP contribution >= 0.6 is 0 Å². The molecule has 1 heterocycles. The molecule has 13 heavy (non-hydrogen) atoms. The number of hydrogen-bond acceptors (Lipinski definition) is 3. The lowest BCUT2D eigenvalue weighted by molar-refractivity contribution is 0.0765. The Morgan fingerprint density at radius 3 is 3.08 bits per heavy atom. The van der Waals surface area contributed by atoms with E-state index in [4.69, 9.17) is 4.74 Å². The molecule has 0 bridgehead atoms. The molecule has 0 radical (unpaired) electrons. The summed E-state index contributed by atoms with van der Waals surface area (Å²) in [6.07, 6.45) is 1.25. The number of nitrogens with one attached hydrogen (secondary N) is 2. The van der Waals surface area contributed by atoms with Gasteiger partial charge in [-0.1, -0.05) is 20.3 Å². The van der Waals surface area contributed by atoms with Crippen LogP contribution < -0.4 is 10.6 Å². The molecule has 3 nitrogen and oxygen atoms in total. The molecule has 1 saturated heterocycles. The third kappa shape index (κ3) is 4.60. The van der Waals surface area contributed by atoms with Gasteiger partial charge in [0.2, 0.25) is 0 Å². The molecule has 1 fully saturated rings. The zero-order chi connectivity index (χ0) is 9.52. The average Bonchev–Trinajstić information content (AvgIpc) is 2.19. The zero-order valence-electron chi connectivity index (χ0n) is 8.81. The second-order valence-corrected chi connectivity index (χ2v) is 3.90. The number of hydrogen-bond donors (Lipinski definition) is 2. The van der Waals surface area contributed by atoms with E-state index < -0.39 is 0 Å². The standard InChI is InChI=1S/C10H22N2O/c1-3-9(2)6-11-7-10-8-13-5-4-12-10/h9-12H,3-8H2,1-2H3. The number of ether oxygens (including phenoxy) is 1. The molecular formula is C10H22N2O. The van der Waals surface area contributed by atoms with E-state index in [9.17, 15) is 0 Å². The maximum Gasteiger partial charge on any atom is 0.0632 e. The molecule has 0 aromatic heterocycles. The van der Waals surface area contributed by atoms with Crippen molar-refractivity contribution in [2.45, 2.75) is 26.3 Å². The maximum absolute atomic E-state index is 5.36. The van der Waals surface area contributed by atoms with E-state index in [0.29, 0.717) is 6.04 Å². The first-order valence-electron chi connectivity index (χ1n) is 5.34. The molecule has 0 spiro atoms. The summed E-state index contributed by atoms with van der Waals surface area (Å²) >= 11 is 0. The van der Waals surface area contributed by atoms with Crippen molar-refractivity contribution < 1.29 is 4.74 Å². The van der Waals surface area contributed by atoms with Crippen molar-refractivity contribution in [1.29, 1.82) is 0 Å². The predicted octanol–water partition coefficient (Wildman–Crippen LogP) is 0.611. The lowest BCUT2D eigenvalue weighted by Crippen LogP contribution is -2.47. The van der Waals surface area contributed by atoms with Crippen molar-refractivity contribution in [2.75, 3.05) is 32.8 Å². The van der Waals surface area contributed by atoms with Gasteiger partial charge >= 0.3 is 0 Å². The molecule has 78 valence electrons. The van der Waals surface area contributed by atoms with Crippen LogP contribution in [0.1, 0.15) is 20.3 Å². The monoisotopic (exact) mass is 186 g/mol. The molecular weight excluding hydrogens is 164 g/mol. The minimum Gasteiger partial charge on any atom is -0.378 e. The van der Waals surface area contributed by atoms with Gasteiger partial charge in [-0.05, 0) is 12.5 Å². The minimum atomic E-state index is 0.512. The summed E-state index contributed by atoms with van der Waals surface area (Å²) < 4.78 is 5.36. The molecule has 0 aromatic rings. The van der Waals surface area contributed by atoms with Crippen molar-refractivity contribution >= 4 is 0 Å². The summed E-state index contributed by atoms with van der Waals surface area (Å²) in [7, 11) is 0. The third-order valence-corrected chi connectivity index (χ3v) is 2.58. The number of morpholine rings is 1. The average molecular weight is 186 g/mol. The van der Waals surface area contributed by atoms with Crippen LogP contribution in [-0.2, 0) is 4.74 Å². The van der Waals surface area contributed by atoms with Gasteiger partial charge in [-0.15, -0.1) is 0 Å². The van der Waals surface area contributed by atoms with Crippen molar-refractivity contribution in [3.63, 3.8) is 0 Å². The molecule has 3 heteroatoms. The van der Waals surface area contributed by atoms with E-state index in [1.165, 1.54) is 6.42 Å². The van der Waals surface area contributed by atoms with Gasteiger partial charge in [-0.25, -0.2) is 0 Å². The molecule has 2 unspecified atom stereocenters. The Bertz CT molecular complexity index is 124. The summed E-state index contributed by atoms with van der Waals surface area (Å²) in [5, 5.41) is 6.89. The SMILES string of the molecule is CCC(C)CNCC1COCCN1.